The van der Waals surface area contributed by atoms with Gasteiger partial charge in [-0.15, -0.1) is 0 Å². The van der Waals surface area contributed by atoms with Gasteiger partial charge in [0.25, 0.3) is 0 Å². The number of hydrogen-bond donors (Lipinski definition) is 0. The molecule has 1 aromatic rings. The molecule has 0 bridgehead atoms. The molecule has 0 unspecified atom stereocenters. The largest absolute Gasteiger partial charge is 0.409 e. The number of carbonyl (C=O) groups is 1. The van der Waals surface area contributed by atoms with Gasteiger partial charge in [0.15, 0.2) is 14.6 Å². The predicted molar refractivity (Wildman–Crippen MR) is 112 cm³/mol. The molecule has 0 N–H and O–H groups in total. The van der Waals surface area contributed by atoms with Crippen LogP contribution in [0.25, 0.3) is 0 Å². The third-order valence-electron chi connectivity index (χ3n) is 6.41. The van der Waals surface area contributed by atoms with Gasteiger partial charge < -0.3 is 18.8 Å². The van der Waals surface area contributed by atoms with Gasteiger partial charge in [0, 0.05) is 13.0 Å². The zero-order valence-corrected chi connectivity index (χ0v) is 19.1. The molecule has 2 aliphatic rings. The normalized spacial score (nSPS) is 29.4. The van der Waals surface area contributed by atoms with Crippen molar-refractivity contribution in [2.75, 3.05) is 6.61 Å². The maximum absolute atomic E-state index is 12.7. The topological polar surface area (TPSA) is 48.0 Å². The van der Waals surface area contributed by atoms with Gasteiger partial charge in [-0.3, -0.25) is 4.79 Å². The zero-order chi connectivity index (χ0) is 20.5. The smallest absolute Gasteiger partial charge is 0.223 e. The molecule has 2 aliphatic heterocycles. The lowest BCUT2D eigenvalue weighted by atomic mass is 10.0. The fourth-order valence-electron chi connectivity index (χ4n) is 3.75. The lowest BCUT2D eigenvalue weighted by molar-refractivity contribution is -0.252. The van der Waals surface area contributed by atoms with Crippen LogP contribution in [-0.4, -0.2) is 50.3 Å². The monoisotopic (exact) mass is 405 g/mol. The second kappa shape index (κ2) is 8.26. The van der Waals surface area contributed by atoms with Crippen LogP contribution in [0.4, 0.5) is 0 Å². The van der Waals surface area contributed by atoms with E-state index in [4.69, 9.17) is 13.9 Å². The van der Waals surface area contributed by atoms with Crippen molar-refractivity contribution in [3.05, 3.63) is 35.9 Å². The van der Waals surface area contributed by atoms with E-state index in [0.717, 1.165) is 12.0 Å². The number of nitrogens with zero attached hydrogens (tertiary/aromatic N) is 1. The Balaban J connectivity index is 1.81. The number of benzene rings is 1. The molecule has 4 atom stereocenters. The van der Waals surface area contributed by atoms with Crippen molar-refractivity contribution in [1.29, 1.82) is 0 Å². The van der Waals surface area contributed by atoms with E-state index in [1.54, 1.807) is 0 Å². The molecule has 6 heteroatoms. The molecule has 2 saturated heterocycles. The lowest BCUT2D eigenvalue weighted by Gasteiger charge is -2.46. The highest BCUT2D eigenvalue weighted by Crippen LogP contribution is 2.39. The molecule has 1 amide bonds. The first-order valence-electron chi connectivity index (χ1n) is 10.4. The number of rotatable bonds is 5. The van der Waals surface area contributed by atoms with Crippen molar-refractivity contribution in [2.24, 2.45) is 0 Å². The molecule has 0 aliphatic carbocycles. The van der Waals surface area contributed by atoms with Crippen LogP contribution in [0.2, 0.25) is 18.1 Å². The van der Waals surface area contributed by atoms with Crippen molar-refractivity contribution in [2.45, 2.75) is 89.8 Å². The maximum atomic E-state index is 12.7. The molecule has 0 radical (unpaired) electrons. The van der Waals surface area contributed by atoms with E-state index in [1.807, 2.05) is 30.0 Å². The van der Waals surface area contributed by atoms with E-state index in [9.17, 15) is 4.79 Å². The fraction of sp³-hybridized carbons (Fsp3) is 0.682. The second-order valence-corrected chi connectivity index (χ2v) is 14.3. The first-order chi connectivity index (χ1) is 13.1. The second-order valence-electron chi connectivity index (χ2n) is 9.53. The van der Waals surface area contributed by atoms with E-state index in [0.29, 0.717) is 19.6 Å². The first-order valence-corrected chi connectivity index (χ1v) is 13.3. The van der Waals surface area contributed by atoms with Crippen molar-refractivity contribution in [1.82, 2.24) is 4.90 Å². The Morgan fingerprint density at radius 1 is 1.21 bits per heavy atom. The van der Waals surface area contributed by atoms with Gasteiger partial charge in [-0.2, -0.15) is 0 Å². The van der Waals surface area contributed by atoms with E-state index in [2.05, 4.69) is 46.0 Å². The van der Waals surface area contributed by atoms with Crippen LogP contribution < -0.4 is 0 Å². The predicted octanol–water partition coefficient (Wildman–Crippen LogP) is 4.33. The highest BCUT2D eigenvalue weighted by atomic mass is 28.4. The first kappa shape index (κ1) is 21.5. The SMILES string of the molecule is C[C@H]1OC[C@@H](O[Si](C)(C)C(C)(C)C)[C@@H]([C@H]2CCC(=O)N2Cc2ccccc2)O1. The molecular formula is C22H35NO4Si. The Kier molecular flexibility index (Phi) is 6.34. The average molecular weight is 406 g/mol. The highest BCUT2D eigenvalue weighted by molar-refractivity contribution is 6.74. The third-order valence-corrected chi connectivity index (χ3v) is 10.9. The molecule has 28 heavy (non-hydrogen) atoms. The molecule has 2 fully saturated rings. The number of ether oxygens (including phenoxy) is 2. The molecule has 3 rings (SSSR count). The molecule has 156 valence electrons. The Bertz CT molecular complexity index is 673. The summed E-state index contributed by atoms with van der Waals surface area (Å²) >= 11 is 0. The molecule has 1 aromatic carbocycles. The summed E-state index contributed by atoms with van der Waals surface area (Å²) in [4.78, 5) is 14.7. The van der Waals surface area contributed by atoms with Crippen LogP contribution in [0, 0.1) is 0 Å². The average Bonchev–Trinajstić information content (AvgIpc) is 2.97. The highest BCUT2D eigenvalue weighted by Gasteiger charge is 2.48. The minimum absolute atomic E-state index is 0.0221. The van der Waals surface area contributed by atoms with E-state index < -0.39 is 8.32 Å². The van der Waals surface area contributed by atoms with Gasteiger partial charge in [-0.25, -0.2) is 0 Å². The Morgan fingerprint density at radius 2 is 1.89 bits per heavy atom. The van der Waals surface area contributed by atoms with Crippen LogP contribution >= 0.6 is 0 Å². The minimum atomic E-state index is -1.98. The lowest BCUT2D eigenvalue weighted by Crippen LogP contribution is -2.58. The van der Waals surface area contributed by atoms with Crippen molar-refractivity contribution in [3.8, 4) is 0 Å². The van der Waals surface area contributed by atoms with Crippen molar-refractivity contribution in [3.63, 3.8) is 0 Å². The van der Waals surface area contributed by atoms with Crippen LogP contribution in [0.5, 0.6) is 0 Å². The van der Waals surface area contributed by atoms with E-state index in [-0.39, 0.29) is 35.5 Å². The third kappa shape index (κ3) is 4.67. The summed E-state index contributed by atoms with van der Waals surface area (Å²) in [6.07, 6.45) is 0.789. The van der Waals surface area contributed by atoms with Crippen LogP contribution in [-0.2, 0) is 25.2 Å². The van der Waals surface area contributed by atoms with Crippen molar-refractivity contribution >= 4 is 14.2 Å². The van der Waals surface area contributed by atoms with E-state index in [1.165, 1.54) is 0 Å². The molecule has 0 aromatic heterocycles. The molecular weight excluding hydrogens is 370 g/mol. The molecule has 2 heterocycles. The van der Waals surface area contributed by atoms with Gasteiger partial charge in [-0.05, 0) is 37.0 Å². The van der Waals surface area contributed by atoms with Gasteiger partial charge in [0.05, 0.1) is 18.8 Å². The number of carbonyl (C=O) groups excluding carboxylic acids is 1. The Labute approximate surface area is 170 Å². The Morgan fingerprint density at radius 3 is 2.54 bits per heavy atom. The summed E-state index contributed by atoms with van der Waals surface area (Å²) in [6.45, 7) is 14.3. The van der Waals surface area contributed by atoms with Crippen molar-refractivity contribution < 1.29 is 18.7 Å². The standard InChI is InChI=1S/C22H35NO4Si/c1-16-25-15-19(27-28(5,6)22(2,3)4)21(26-16)18-12-13-20(24)23(18)14-17-10-8-7-9-11-17/h7-11,16,18-19,21H,12-15H2,1-6H3/t16-,18+,19+,21+/m0/s1. The minimum Gasteiger partial charge on any atom is -0.409 e. The van der Waals surface area contributed by atoms with Crippen LogP contribution in [0.15, 0.2) is 30.3 Å². The maximum Gasteiger partial charge on any atom is 0.223 e. The zero-order valence-electron chi connectivity index (χ0n) is 18.1. The fourth-order valence-corrected chi connectivity index (χ4v) is 5.06. The van der Waals surface area contributed by atoms with Gasteiger partial charge in [0.1, 0.15) is 6.10 Å². The molecule has 0 spiro atoms. The summed E-state index contributed by atoms with van der Waals surface area (Å²) in [5, 5.41) is 0.107. The number of amides is 1. The summed E-state index contributed by atoms with van der Waals surface area (Å²) in [5.41, 5.74) is 1.14. The summed E-state index contributed by atoms with van der Waals surface area (Å²) < 4.78 is 18.7. The quantitative estimate of drug-likeness (QED) is 0.684. The summed E-state index contributed by atoms with van der Waals surface area (Å²) in [7, 11) is -1.98. The van der Waals surface area contributed by atoms with Gasteiger partial charge in [0.2, 0.25) is 5.91 Å². The summed E-state index contributed by atoms with van der Waals surface area (Å²) in [6, 6.07) is 10.2. The van der Waals surface area contributed by atoms with Crippen LogP contribution in [0.1, 0.15) is 46.1 Å². The Hall–Kier alpha value is -1.21. The number of likely N-dealkylation sites (tertiary alicyclic amines) is 1. The van der Waals surface area contributed by atoms with E-state index >= 15 is 0 Å². The summed E-state index contributed by atoms with van der Waals surface area (Å²) in [5.74, 6) is 0.197. The molecule has 0 saturated carbocycles. The van der Waals surface area contributed by atoms with Gasteiger partial charge in [-0.1, -0.05) is 51.1 Å². The van der Waals surface area contributed by atoms with Gasteiger partial charge >= 0.3 is 0 Å². The van der Waals surface area contributed by atoms with Crippen LogP contribution in [0.3, 0.4) is 0 Å². The number of hydrogen-bond acceptors (Lipinski definition) is 4. The molecule has 5 nitrogen and oxygen atoms in total.